The fraction of sp³-hybridized carbons (Fsp3) is 0.613. The Morgan fingerprint density at radius 2 is 0.883 bits per heavy atom. The molecule has 4 aromatic rings. The zero-order valence-corrected chi connectivity index (χ0v) is 65.0. The molecule has 0 aliphatic carbocycles. The lowest BCUT2D eigenvalue weighted by Gasteiger charge is -2.21. The number of quaternary nitrogens is 1. The Bertz CT molecular complexity index is 2460. The molecular weight excluding hydrogens is 1340 g/mol. The van der Waals surface area contributed by atoms with Gasteiger partial charge in [-0.15, -0.1) is 0 Å². The third-order valence-corrected chi connectivity index (χ3v) is 8.96. The van der Waals surface area contributed by atoms with Crippen LogP contribution in [0.15, 0.2) is 109 Å². The maximum Gasteiger partial charge on any atom is 0.510 e. The second-order valence-electron chi connectivity index (χ2n) is 24.6. The number of phenols is 2. The normalized spacial score (nSPS) is 10.3. The van der Waals surface area contributed by atoms with E-state index in [0.717, 1.165) is 27.9 Å². The van der Waals surface area contributed by atoms with Crippen LogP contribution in [0.1, 0.15) is 171 Å². The first-order valence-electron chi connectivity index (χ1n) is 33.0. The Balaban J connectivity index is -0.0000000996. The van der Waals surface area contributed by atoms with E-state index in [1.165, 1.54) is 0 Å². The first-order chi connectivity index (χ1) is 46.7. The third-order valence-electron chi connectivity index (χ3n) is 8.96. The largest absolute Gasteiger partial charge is 0.510 e. The van der Waals surface area contributed by atoms with Crippen LogP contribution in [0.2, 0.25) is 0 Å². The summed E-state index contributed by atoms with van der Waals surface area (Å²) in [5.41, 5.74) is 21.1. The molecule has 0 spiro atoms. The maximum atomic E-state index is 10.8. The van der Waals surface area contributed by atoms with Crippen LogP contribution in [0.5, 0.6) is 23.0 Å². The van der Waals surface area contributed by atoms with Crippen LogP contribution in [0.3, 0.4) is 0 Å². The standard InChI is InChI=1S/C9H12O2.C8H10O2.C7H15NO2.C7H8O.C6H13NO2.C6H12O3.C6H6O.C5H11NO2.C5H14NO.C5H10O4.C4H10O.C3H8O.C2H7NO.2CH4/c1-2-11-9-6-4-3-5-8(9)7-10;1-2-10-8-6-4-3-5-7(8)9;1-4-6(8)7(9)10-5(2)3;8-6-7-4-2-1-3-5-7;1-4(2)9-6(8)5(3)7;1-6(2,3)5(8)9-4-7;7-6-4-2-1-3-5-6;1-4(2)8-5(7)3-6;1-6(2,3)4-5-7;1-4(2)9-5(7)8-3-6;1-4(2,3)5;1-3(2)4;3-1-2-4;;/h3-6,10H,2,7H2,1H3;3-6,9H,2H2,1H3;5-6H,4,8H2,1-3H3;1-5,8H,6H2;4-5H,7H2,1-3H3;7H,4H2,1-3H3;1-5,7H;4H,3,6H2,1-2H3;7H,4-5H2,1-3H3;4,6H,3H2,1-2H3;5H,1-3H3;3-4H,1-2H3;4H,1-3H2;2*1H4/q;;;;;;;;+1;;;;;;. The molecule has 0 bridgehead atoms. The highest BCUT2D eigenvalue weighted by Crippen LogP contribution is 2.24. The Morgan fingerprint density at radius 1 is 0.515 bits per heavy atom. The predicted molar refractivity (Wildman–Crippen MR) is 409 cm³/mol. The number of aromatic hydroxyl groups is 2. The van der Waals surface area contributed by atoms with E-state index >= 15 is 0 Å². The van der Waals surface area contributed by atoms with E-state index in [1.807, 2.05) is 87.5 Å². The van der Waals surface area contributed by atoms with Crippen molar-refractivity contribution < 1.29 is 117 Å². The van der Waals surface area contributed by atoms with Crippen LogP contribution in [-0.4, -0.2) is 215 Å². The van der Waals surface area contributed by atoms with Crippen molar-refractivity contribution in [1.82, 2.24) is 0 Å². The summed E-state index contributed by atoms with van der Waals surface area (Å²) in [6, 6.07) is 31.7. The molecule has 2 atom stereocenters. The van der Waals surface area contributed by atoms with E-state index < -0.39 is 42.8 Å². The number of carbonyl (C=O) groups excluding carboxylic acids is 5. The molecule has 0 fully saturated rings. The number of likely N-dealkylation sites (N-methyl/N-ethyl adjacent to an activating group) is 1. The minimum atomic E-state index is -0.840. The Hall–Kier alpha value is -7.29. The molecule has 4 rings (SSSR count). The van der Waals surface area contributed by atoms with E-state index in [-0.39, 0.29) is 108 Å². The summed E-state index contributed by atoms with van der Waals surface area (Å²) in [6.45, 7) is 37.1. The molecule has 0 aliphatic heterocycles. The summed E-state index contributed by atoms with van der Waals surface area (Å²) in [7, 11) is 6.16. The van der Waals surface area contributed by atoms with Gasteiger partial charge in [0.1, 0.15) is 30.1 Å². The van der Waals surface area contributed by atoms with E-state index in [0.29, 0.717) is 37.7 Å². The summed E-state index contributed by atoms with van der Waals surface area (Å²) in [4.78, 5) is 52.6. The fourth-order valence-corrected chi connectivity index (χ4v) is 4.67. The van der Waals surface area contributed by atoms with Gasteiger partial charge in [0.25, 0.3) is 0 Å². The maximum absolute atomic E-state index is 10.8. The van der Waals surface area contributed by atoms with Gasteiger partial charge in [-0.25, -0.2) is 4.79 Å². The first kappa shape index (κ1) is 120. The number of carbonyl (C=O) groups is 5. The lowest BCUT2D eigenvalue weighted by Crippen LogP contribution is -2.36. The van der Waals surface area contributed by atoms with Crippen molar-refractivity contribution in [3.63, 3.8) is 0 Å². The smallest absolute Gasteiger partial charge is 0.508 e. The quantitative estimate of drug-likeness (QED) is 0.0180. The van der Waals surface area contributed by atoms with Crippen LogP contribution in [0, 0.1) is 5.41 Å². The Labute approximate surface area is 618 Å². The number of phenolic OH excluding ortho intramolecular Hbond substituents is 2. The van der Waals surface area contributed by atoms with Gasteiger partial charge >= 0.3 is 30.0 Å². The second-order valence-corrected chi connectivity index (χ2v) is 24.6. The van der Waals surface area contributed by atoms with Crippen molar-refractivity contribution in [2.45, 2.75) is 221 Å². The minimum absolute atomic E-state index is 0. The van der Waals surface area contributed by atoms with Crippen molar-refractivity contribution in [3.05, 3.63) is 120 Å². The summed E-state index contributed by atoms with van der Waals surface area (Å²) in [5.74, 6) is 0.460. The number of rotatable bonds is 19. The van der Waals surface area contributed by atoms with Crippen LogP contribution >= 0.6 is 0 Å². The molecule has 2 unspecified atom stereocenters. The molecule has 606 valence electrons. The number of nitrogens with zero attached hydrogens (tertiary/aromatic N) is 1. The summed E-state index contributed by atoms with van der Waals surface area (Å²) >= 11 is 0. The molecule has 4 aromatic carbocycles. The van der Waals surface area contributed by atoms with Crippen molar-refractivity contribution in [1.29, 1.82) is 0 Å². The molecule has 103 heavy (non-hydrogen) atoms. The van der Waals surface area contributed by atoms with Gasteiger partial charge in [0.05, 0.1) is 103 Å². The van der Waals surface area contributed by atoms with Crippen LogP contribution in [0.4, 0.5) is 4.79 Å². The topological polar surface area (TPSA) is 466 Å². The monoisotopic (exact) mass is 1480 g/mol. The van der Waals surface area contributed by atoms with Crippen LogP contribution in [0.25, 0.3) is 0 Å². The molecule has 0 saturated heterocycles. The Kier molecular flexibility index (Phi) is 91.6. The van der Waals surface area contributed by atoms with Gasteiger partial charge < -0.3 is 116 Å². The molecule has 28 heteroatoms. The van der Waals surface area contributed by atoms with E-state index in [1.54, 1.807) is 160 Å². The molecular formula is C75H144N5O23+. The van der Waals surface area contributed by atoms with Gasteiger partial charge in [0.15, 0.2) is 25.1 Å². The van der Waals surface area contributed by atoms with Gasteiger partial charge in [0, 0.05) is 18.2 Å². The molecule has 0 aliphatic rings. The number of aliphatic hydroxyl groups excluding tert-OH is 7. The number of para-hydroxylation sites is 4. The first-order valence-corrected chi connectivity index (χ1v) is 33.0. The highest BCUT2D eigenvalue weighted by Gasteiger charge is 2.22. The van der Waals surface area contributed by atoms with Crippen molar-refractivity contribution in [2.24, 2.45) is 28.3 Å². The van der Waals surface area contributed by atoms with Crippen molar-refractivity contribution in [2.75, 3.05) is 80.8 Å². The number of hydrogen-bond donors (Lipinski definition) is 14. The number of hydrogen-bond acceptors (Lipinski definition) is 27. The van der Waals surface area contributed by atoms with E-state index in [2.05, 4.69) is 40.1 Å². The molecule has 0 radical (unpaired) electrons. The molecule has 0 heterocycles. The molecule has 28 nitrogen and oxygen atoms in total. The second kappa shape index (κ2) is 78.8. The number of ether oxygens (including phenoxy) is 8. The van der Waals surface area contributed by atoms with Gasteiger partial charge in [0.2, 0.25) is 0 Å². The fourth-order valence-electron chi connectivity index (χ4n) is 4.67. The third kappa shape index (κ3) is 111. The SMILES string of the molecule is C.C.CC(C)(C)C(=O)OCO.CC(C)(C)O.CC(C)O.CC(C)OC(=O)C(C)N.CC(C)OC(=O)CN.CC(C)OC(=O)OCO.CCC(N)C(=O)OC(C)C.CCOc1ccccc1CO.CCOc1ccccc1O.C[N+](C)(C)CCO.NCCO.OCc1ccccc1.Oc1ccccc1. The number of aliphatic hydroxyl groups is 8. The summed E-state index contributed by atoms with van der Waals surface area (Å²) < 4.78 is 38.3. The Morgan fingerprint density at radius 3 is 1.13 bits per heavy atom. The molecule has 0 aromatic heterocycles. The average Bonchev–Trinajstić information content (AvgIpc) is 0.912. The summed E-state index contributed by atoms with van der Waals surface area (Å²) in [5, 5.41) is 84.0. The lowest BCUT2D eigenvalue weighted by molar-refractivity contribution is -0.870. The van der Waals surface area contributed by atoms with Gasteiger partial charge in [-0.3, -0.25) is 19.2 Å². The zero-order chi connectivity index (χ0) is 80.8. The molecule has 0 amide bonds. The number of nitrogens with two attached hydrogens (primary N) is 4. The highest BCUT2D eigenvalue weighted by atomic mass is 16.8. The minimum Gasteiger partial charge on any atom is -0.508 e. The molecule has 18 N–H and O–H groups in total. The van der Waals surface area contributed by atoms with Gasteiger partial charge in [-0.1, -0.05) is 101 Å². The molecule has 0 saturated carbocycles. The van der Waals surface area contributed by atoms with E-state index in [9.17, 15) is 24.0 Å². The average molecular weight is 1480 g/mol. The van der Waals surface area contributed by atoms with Crippen LogP contribution in [-0.2, 0) is 60.8 Å². The van der Waals surface area contributed by atoms with Crippen molar-refractivity contribution in [3.8, 4) is 23.0 Å². The number of benzene rings is 4. The summed E-state index contributed by atoms with van der Waals surface area (Å²) in [6.07, 6.45) is -0.762. The number of esters is 4. The van der Waals surface area contributed by atoms with Crippen LogP contribution < -0.4 is 32.4 Å². The van der Waals surface area contributed by atoms with Crippen molar-refractivity contribution >= 4 is 30.0 Å². The van der Waals surface area contributed by atoms with Gasteiger partial charge in [-0.2, -0.15) is 0 Å². The van der Waals surface area contributed by atoms with E-state index in [4.69, 9.17) is 92.9 Å². The highest BCUT2D eigenvalue weighted by molar-refractivity contribution is 5.76. The lowest BCUT2D eigenvalue weighted by atomic mass is 9.98. The predicted octanol–water partition coefficient (Wildman–Crippen LogP) is 8.88. The zero-order valence-electron chi connectivity index (χ0n) is 65.0. The van der Waals surface area contributed by atoms with Gasteiger partial charge in [-0.05, 0) is 174 Å².